The second kappa shape index (κ2) is 5.76. The van der Waals surface area contributed by atoms with Crippen molar-refractivity contribution in [1.82, 2.24) is 0 Å². The van der Waals surface area contributed by atoms with Gasteiger partial charge >= 0.3 is 0 Å². The van der Waals surface area contributed by atoms with E-state index in [4.69, 9.17) is 10.00 Å². The molecule has 0 saturated carbocycles. The molecule has 16 heavy (non-hydrogen) atoms. The average molecular weight is 218 g/mol. The number of nitriles is 1. The summed E-state index contributed by atoms with van der Waals surface area (Å²) in [5, 5.41) is 11.0. The zero-order valence-electron chi connectivity index (χ0n) is 9.41. The Kier molecular flexibility index (Phi) is 4.34. The summed E-state index contributed by atoms with van der Waals surface area (Å²) in [5.74, 6) is 0.510. The minimum Gasteiger partial charge on any atom is -0.496 e. The van der Waals surface area contributed by atoms with E-state index in [1.165, 1.54) is 0 Å². The van der Waals surface area contributed by atoms with Gasteiger partial charge in [-0.3, -0.25) is 4.79 Å². The Hall–Kier alpha value is -2.02. The molecule has 0 aliphatic carbocycles. The van der Waals surface area contributed by atoms with Gasteiger partial charge in [-0.05, 0) is 30.2 Å². The van der Waals surface area contributed by atoms with Crippen LogP contribution >= 0.6 is 0 Å². The minimum atomic E-state index is -0.297. The smallest absolute Gasteiger partial charge is 0.238 e. The molecule has 0 heterocycles. The van der Waals surface area contributed by atoms with E-state index < -0.39 is 0 Å². The summed E-state index contributed by atoms with van der Waals surface area (Å²) >= 11 is 0. The van der Waals surface area contributed by atoms with Gasteiger partial charge in [-0.2, -0.15) is 5.26 Å². The maximum Gasteiger partial charge on any atom is 0.238 e. The summed E-state index contributed by atoms with van der Waals surface area (Å²) in [6.45, 7) is 2.01. The van der Waals surface area contributed by atoms with Gasteiger partial charge in [-0.15, -0.1) is 0 Å². The van der Waals surface area contributed by atoms with Crippen molar-refractivity contribution in [3.63, 3.8) is 0 Å². The predicted octanol–water partition coefficient (Wildman–Crippen LogP) is 2.11. The van der Waals surface area contributed by atoms with E-state index in [-0.39, 0.29) is 12.3 Å². The second-order valence-electron chi connectivity index (χ2n) is 3.26. The number of aryl methyl sites for hydroxylation is 1. The number of carbonyl (C=O) groups excluding carboxylic acids is 1. The average Bonchev–Trinajstić information content (AvgIpc) is 2.29. The Morgan fingerprint density at radius 1 is 1.56 bits per heavy atom. The summed E-state index contributed by atoms with van der Waals surface area (Å²) in [5.41, 5.74) is 1.72. The molecule has 1 N–H and O–H groups in total. The summed E-state index contributed by atoms with van der Waals surface area (Å²) < 4.78 is 5.18. The van der Waals surface area contributed by atoms with E-state index in [2.05, 4.69) is 5.32 Å². The number of methoxy groups -OCH3 is 1. The molecule has 0 fully saturated rings. The number of rotatable bonds is 4. The van der Waals surface area contributed by atoms with Gasteiger partial charge in [0.2, 0.25) is 5.91 Å². The molecule has 4 nitrogen and oxygen atoms in total. The maximum atomic E-state index is 11.2. The van der Waals surface area contributed by atoms with Crippen LogP contribution in [0.4, 0.5) is 5.69 Å². The van der Waals surface area contributed by atoms with Gasteiger partial charge < -0.3 is 10.1 Å². The number of benzene rings is 1. The lowest BCUT2D eigenvalue weighted by molar-refractivity contribution is -0.115. The molecule has 0 bridgehead atoms. The third kappa shape index (κ3) is 2.99. The summed E-state index contributed by atoms with van der Waals surface area (Å²) in [6, 6.07) is 7.22. The van der Waals surface area contributed by atoms with Crippen molar-refractivity contribution in [2.45, 2.75) is 19.8 Å². The number of amides is 1. The van der Waals surface area contributed by atoms with E-state index >= 15 is 0 Å². The zero-order valence-corrected chi connectivity index (χ0v) is 9.41. The summed E-state index contributed by atoms with van der Waals surface area (Å²) in [4.78, 5) is 11.2. The molecule has 84 valence electrons. The van der Waals surface area contributed by atoms with Crippen LogP contribution in [0.25, 0.3) is 0 Å². The van der Waals surface area contributed by atoms with Crippen LogP contribution in [0.5, 0.6) is 5.75 Å². The van der Waals surface area contributed by atoms with Crippen LogP contribution in [0.1, 0.15) is 18.9 Å². The molecule has 0 aliphatic heterocycles. The van der Waals surface area contributed by atoms with E-state index in [0.29, 0.717) is 5.69 Å². The van der Waals surface area contributed by atoms with Crippen molar-refractivity contribution < 1.29 is 9.53 Å². The van der Waals surface area contributed by atoms with Gasteiger partial charge in [0.1, 0.15) is 12.2 Å². The van der Waals surface area contributed by atoms with Gasteiger partial charge in [0.05, 0.1) is 13.2 Å². The lowest BCUT2D eigenvalue weighted by atomic mass is 10.1. The topological polar surface area (TPSA) is 62.1 Å². The van der Waals surface area contributed by atoms with Crippen molar-refractivity contribution in [2.75, 3.05) is 12.4 Å². The van der Waals surface area contributed by atoms with E-state index in [0.717, 1.165) is 17.7 Å². The maximum absolute atomic E-state index is 11.2. The standard InChI is InChI=1S/C12H14N2O2/c1-3-9-8-10(4-5-11(9)16-2)14-12(15)6-7-13/h4-5,8H,3,6H2,1-2H3,(H,14,15). The normalized spacial score (nSPS) is 9.31. The molecule has 4 heteroatoms. The van der Waals surface area contributed by atoms with Gasteiger partial charge in [0.25, 0.3) is 0 Å². The molecule has 1 aromatic rings. The molecule has 0 aliphatic rings. The molecule has 1 amide bonds. The highest BCUT2D eigenvalue weighted by Crippen LogP contribution is 2.22. The number of anilines is 1. The highest BCUT2D eigenvalue weighted by molar-refractivity contribution is 5.92. The van der Waals surface area contributed by atoms with Crippen molar-refractivity contribution in [1.29, 1.82) is 5.26 Å². The number of hydrogen-bond donors (Lipinski definition) is 1. The van der Waals surface area contributed by atoms with Crippen molar-refractivity contribution in [3.05, 3.63) is 23.8 Å². The van der Waals surface area contributed by atoms with Crippen LogP contribution in [-0.4, -0.2) is 13.0 Å². The van der Waals surface area contributed by atoms with E-state index in [1.54, 1.807) is 25.3 Å². The van der Waals surface area contributed by atoms with Crippen LogP contribution < -0.4 is 10.1 Å². The molecule has 0 saturated heterocycles. The van der Waals surface area contributed by atoms with Gasteiger partial charge in [0, 0.05) is 5.69 Å². The zero-order chi connectivity index (χ0) is 12.0. The van der Waals surface area contributed by atoms with Crippen LogP contribution in [0, 0.1) is 11.3 Å². The molecule has 1 rings (SSSR count). The van der Waals surface area contributed by atoms with Crippen LogP contribution in [0.15, 0.2) is 18.2 Å². The lowest BCUT2D eigenvalue weighted by Gasteiger charge is -2.09. The first-order valence-corrected chi connectivity index (χ1v) is 5.05. The van der Waals surface area contributed by atoms with Gasteiger partial charge in [-0.25, -0.2) is 0 Å². The molecule has 0 unspecified atom stereocenters. The molecule has 0 radical (unpaired) electrons. The largest absolute Gasteiger partial charge is 0.496 e. The number of carbonyl (C=O) groups is 1. The highest BCUT2D eigenvalue weighted by atomic mass is 16.5. The van der Waals surface area contributed by atoms with Crippen LogP contribution in [0.3, 0.4) is 0 Å². The molecular formula is C12H14N2O2. The fourth-order valence-corrected chi connectivity index (χ4v) is 1.41. The Morgan fingerprint density at radius 2 is 2.31 bits per heavy atom. The number of nitrogens with one attached hydrogen (secondary N) is 1. The SMILES string of the molecule is CCc1cc(NC(=O)CC#N)ccc1OC. The van der Waals surface area contributed by atoms with Crippen molar-refractivity contribution in [2.24, 2.45) is 0 Å². The van der Waals surface area contributed by atoms with E-state index in [1.807, 2.05) is 13.0 Å². The first kappa shape index (κ1) is 12.1. The molecule has 1 aromatic carbocycles. The molecule has 0 atom stereocenters. The van der Waals surface area contributed by atoms with Gasteiger partial charge in [-0.1, -0.05) is 6.92 Å². The fraction of sp³-hybridized carbons (Fsp3) is 0.333. The van der Waals surface area contributed by atoms with Gasteiger partial charge in [0.15, 0.2) is 0 Å². The summed E-state index contributed by atoms with van der Waals surface area (Å²) in [7, 11) is 1.61. The highest BCUT2D eigenvalue weighted by Gasteiger charge is 2.05. The Bertz CT molecular complexity index is 422. The van der Waals surface area contributed by atoms with Crippen molar-refractivity contribution in [3.8, 4) is 11.8 Å². The van der Waals surface area contributed by atoms with Crippen molar-refractivity contribution >= 4 is 11.6 Å². The number of ether oxygens (including phenoxy) is 1. The Morgan fingerprint density at radius 3 is 2.88 bits per heavy atom. The molecule has 0 aromatic heterocycles. The van der Waals surface area contributed by atoms with Crippen LogP contribution in [0.2, 0.25) is 0 Å². The number of nitrogens with zero attached hydrogens (tertiary/aromatic N) is 1. The number of hydrogen-bond acceptors (Lipinski definition) is 3. The Balaban J connectivity index is 2.83. The van der Waals surface area contributed by atoms with E-state index in [9.17, 15) is 4.79 Å². The fourth-order valence-electron chi connectivity index (χ4n) is 1.41. The first-order valence-electron chi connectivity index (χ1n) is 5.05. The monoisotopic (exact) mass is 218 g/mol. The Labute approximate surface area is 94.8 Å². The third-order valence-electron chi connectivity index (χ3n) is 2.18. The third-order valence-corrected chi connectivity index (χ3v) is 2.18. The second-order valence-corrected chi connectivity index (χ2v) is 3.26. The minimum absolute atomic E-state index is 0.131. The van der Waals surface area contributed by atoms with Crippen LogP contribution in [-0.2, 0) is 11.2 Å². The summed E-state index contributed by atoms with van der Waals surface area (Å²) in [6.07, 6.45) is 0.693. The molecular weight excluding hydrogens is 204 g/mol. The quantitative estimate of drug-likeness (QED) is 0.841. The lowest BCUT2D eigenvalue weighted by Crippen LogP contribution is -2.10. The predicted molar refractivity (Wildman–Crippen MR) is 61.2 cm³/mol. The molecule has 0 spiro atoms. The first-order chi connectivity index (χ1) is 7.71.